The molecule has 20 heavy (non-hydrogen) atoms. The summed E-state index contributed by atoms with van der Waals surface area (Å²) < 4.78 is 2.60. The van der Waals surface area contributed by atoms with Gasteiger partial charge >= 0.3 is 0 Å². The van der Waals surface area contributed by atoms with E-state index in [2.05, 4.69) is 53.6 Å². The summed E-state index contributed by atoms with van der Waals surface area (Å²) in [5, 5.41) is 4.30. The number of halogens is 1. The zero-order valence-corrected chi connectivity index (χ0v) is 15.0. The van der Waals surface area contributed by atoms with Crippen LogP contribution in [-0.2, 0) is 6.54 Å². The summed E-state index contributed by atoms with van der Waals surface area (Å²) >= 11 is 3.45. The lowest BCUT2D eigenvalue weighted by Gasteiger charge is -2.26. The average molecular weight is 344 g/mol. The van der Waals surface area contributed by atoms with Crippen molar-refractivity contribution in [1.29, 1.82) is 0 Å². The molecule has 0 aliphatic rings. The molecule has 5 heteroatoms. The van der Waals surface area contributed by atoms with Crippen LogP contribution in [0.3, 0.4) is 0 Å². The molecule has 0 aliphatic carbocycles. The minimum atomic E-state index is 0.136. The van der Waals surface area contributed by atoms with Crippen molar-refractivity contribution in [2.24, 2.45) is 11.3 Å². The molecule has 1 aromatic rings. The topological polar surface area (TPSA) is 38.1 Å². The second kappa shape index (κ2) is 6.85. The Bertz CT molecular complexity index is 460. The molecule has 0 fully saturated rings. The van der Waals surface area contributed by atoms with Crippen LogP contribution in [0.5, 0.6) is 0 Å². The van der Waals surface area contributed by atoms with Gasteiger partial charge in [-0.3, -0.25) is 9.48 Å². The van der Waals surface area contributed by atoms with Crippen LogP contribution in [0, 0.1) is 11.3 Å². The van der Waals surface area contributed by atoms with E-state index >= 15 is 0 Å². The van der Waals surface area contributed by atoms with Gasteiger partial charge < -0.3 is 4.90 Å². The van der Waals surface area contributed by atoms with Gasteiger partial charge in [-0.25, -0.2) is 0 Å². The van der Waals surface area contributed by atoms with Gasteiger partial charge in [-0.15, -0.1) is 0 Å². The van der Waals surface area contributed by atoms with Gasteiger partial charge in [0.1, 0.15) is 5.69 Å². The molecule has 0 bridgehead atoms. The second-order valence-corrected chi connectivity index (χ2v) is 7.62. The van der Waals surface area contributed by atoms with Crippen LogP contribution < -0.4 is 0 Å². The summed E-state index contributed by atoms with van der Waals surface area (Å²) in [6.07, 6.45) is 2.26. The molecule has 0 saturated carbocycles. The van der Waals surface area contributed by atoms with Gasteiger partial charge in [0, 0.05) is 13.0 Å². The van der Waals surface area contributed by atoms with Crippen molar-refractivity contribution in [1.82, 2.24) is 14.7 Å². The molecule has 114 valence electrons. The van der Waals surface area contributed by atoms with Crippen LogP contribution in [0.1, 0.15) is 44.6 Å². The first-order valence-electron chi connectivity index (χ1n) is 7.02. The Labute approximate surface area is 130 Å². The predicted molar refractivity (Wildman–Crippen MR) is 86.0 cm³/mol. The van der Waals surface area contributed by atoms with Crippen molar-refractivity contribution >= 4 is 21.7 Å². The minimum absolute atomic E-state index is 0.136. The summed E-state index contributed by atoms with van der Waals surface area (Å²) in [6.45, 7) is 10.2. The number of nitrogens with zero attached hydrogens (tertiary/aromatic N) is 3. The van der Waals surface area contributed by atoms with E-state index in [9.17, 15) is 4.79 Å². The molecule has 1 unspecified atom stereocenters. The summed E-state index contributed by atoms with van der Waals surface area (Å²) in [6, 6.07) is 0. The molecule has 0 aliphatic heterocycles. The number of hydrogen-bond acceptors (Lipinski definition) is 3. The van der Waals surface area contributed by atoms with Gasteiger partial charge in [-0.2, -0.15) is 5.10 Å². The smallest absolute Gasteiger partial charge is 0.182 e. The van der Waals surface area contributed by atoms with Crippen molar-refractivity contribution in [3.63, 3.8) is 0 Å². The van der Waals surface area contributed by atoms with E-state index in [0.29, 0.717) is 18.0 Å². The van der Waals surface area contributed by atoms with E-state index in [1.807, 2.05) is 18.8 Å². The standard InChI is InChI=1S/C15H26BrN3O/c1-11(15(2,3)4)9-13(20)14-12(16)10-17-19(14)8-7-18(5)6/h10-11H,7-9H2,1-6H3. The van der Waals surface area contributed by atoms with Gasteiger partial charge in [0.25, 0.3) is 0 Å². The van der Waals surface area contributed by atoms with Crippen molar-refractivity contribution in [3.8, 4) is 0 Å². The Morgan fingerprint density at radius 3 is 2.55 bits per heavy atom. The number of hydrogen-bond donors (Lipinski definition) is 0. The zero-order chi connectivity index (χ0) is 15.5. The number of carbonyl (C=O) groups excluding carboxylic acids is 1. The predicted octanol–water partition coefficient (Wildman–Crippen LogP) is 3.46. The van der Waals surface area contributed by atoms with Gasteiger partial charge in [0.05, 0.1) is 17.2 Å². The molecule has 1 heterocycles. The summed E-state index contributed by atoms with van der Waals surface area (Å²) in [7, 11) is 4.03. The summed E-state index contributed by atoms with van der Waals surface area (Å²) in [5.74, 6) is 0.495. The molecular formula is C15H26BrN3O. The van der Waals surface area contributed by atoms with E-state index < -0.39 is 0 Å². The molecule has 0 N–H and O–H groups in total. The van der Waals surface area contributed by atoms with Gasteiger partial charge in [0.15, 0.2) is 5.78 Å². The number of aromatic nitrogens is 2. The van der Waals surface area contributed by atoms with E-state index in [4.69, 9.17) is 0 Å². The fourth-order valence-corrected chi connectivity index (χ4v) is 2.30. The zero-order valence-electron chi connectivity index (χ0n) is 13.4. The molecule has 0 spiro atoms. The third-order valence-electron chi connectivity index (χ3n) is 3.79. The monoisotopic (exact) mass is 343 g/mol. The maximum Gasteiger partial charge on any atom is 0.182 e. The summed E-state index contributed by atoms with van der Waals surface area (Å²) in [4.78, 5) is 14.6. The van der Waals surface area contributed by atoms with Crippen LogP contribution in [-0.4, -0.2) is 41.1 Å². The lowest BCUT2D eigenvalue weighted by Crippen LogP contribution is -2.24. The Balaban J connectivity index is 2.84. The minimum Gasteiger partial charge on any atom is -0.308 e. The molecule has 0 amide bonds. The van der Waals surface area contributed by atoms with Gasteiger partial charge in [0.2, 0.25) is 0 Å². The van der Waals surface area contributed by atoms with Crippen LogP contribution in [0.2, 0.25) is 0 Å². The summed E-state index contributed by atoms with van der Waals surface area (Å²) in [5.41, 5.74) is 0.833. The maximum atomic E-state index is 12.5. The molecule has 0 aromatic carbocycles. The Morgan fingerprint density at radius 1 is 1.45 bits per heavy atom. The Hall–Kier alpha value is -0.680. The van der Waals surface area contributed by atoms with Crippen molar-refractivity contribution < 1.29 is 4.79 Å². The van der Waals surface area contributed by atoms with Crippen molar-refractivity contribution in [2.75, 3.05) is 20.6 Å². The third kappa shape index (κ3) is 4.70. The highest BCUT2D eigenvalue weighted by atomic mass is 79.9. The number of ketones is 1. The highest BCUT2D eigenvalue weighted by Crippen LogP contribution is 2.30. The first-order valence-corrected chi connectivity index (χ1v) is 7.81. The van der Waals surface area contributed by atoms with Crippen molar-refractivity contribution in [2.45, 2.75) is 40.7 Å². The van der Waals surface area contributed by atoms with Crippen LogP contribution in [0.25, 0.3) is 0 Å². The van der Waals surface area contributed by atoms with E-state index in [1.54, 1.807) is 6.20 Å². The van der Waals surface area contributed by atoms with E-state index in [1.165, 1.54) is 0 Å². The number of Topliss-reactive ketones (excluding diaryl/α,β-unsaturated/α-hetero) is 1. The lowest BCUT2D eigenvalue weighted by atomic mass is 9.79. The SMILES string of the molecule is CC(CC(=O)c1c(Br)cnn1CCN(C)C)C(C)(C)C. The Morgan fingerprint density at radius 2 is 2.05 bits per heavy atom. The molecule has 0 saturated heterocycles. The molecule has 1 atom stereocenters. The number of likely N-dealkylation sites (N-methyl/N-ethyl adjacent to an activating group) is 1. The molecule has 1 aromatic heterocycles. The van der Waals surface area contributed by atoms with Crippen LogP contribution in [0.4, 0.5) is 0 Å². The largest absolute Gasteiger partial charge is 0.308 e. The normalized spacial score (nSPS) is 13.8. The van der Waals surface area contributed by atoms with Crippen LogP contribution in [0.15, 0.2) is 10.7 Å². The first-order chi connectivity index (χ1) is 9.12. The van der Waals surface area contributed by atoms with Gasteiger partial charge in [-0.05, 0) is 41.4 Å². The van der Waals surface area contributed by atoms with Crippen LogP contribution >= 0.6 is 15.9 Å². The fraction of sp³-hybridized carbons (Fsp3) is 0.733. The fourth-order valence-electron chi connectivity index (χ4n) is 1.78. The molecule has 0 radical (unpaired) electrons. The second-order valence-electron chi connectivity index (χ2n) is 6.76. The highest BCUT2D eigenvalue weighted by Gasteiger charge is 2.26. The maximum absolute atomic E-state index is 12.5. The van der Waals surface area contributed by atoms with Gasteiger partial charge in [-0.1, -0.05) is 27.7 Å². The van der Waals surface area contributed by atoms with E-state index in [-0.39, 0.29) is 11.2 Å². The lowest BCUT2D eigenvalue weighted by molar-refractivity contribution is 0.0915. The average Bonchev–Trinajstić information content (AvgIpc) is 2.66. The number of rotatable bonds is 6. The molecular weight excluding hydrogens is 318 g/mol. The molecule has 1 rings (SSSR count). The third-order valence-corrected chi connectivity index (χ3v) is 4.37. The quantitative estimate of drug-likeness (QED) is 0.742. The first kappa shape index (κ1) is 17.4. The highest BCUT2D eigenvalue weighted by molar-refractivity contribution is 9.10. The molecule has 4 nitrogen and oxygen atoms in total. The van der Waals surface area contributed by atoms with E-state index in [0.717, 1.165) is 17.6 Å². The number of carbonyl (C=O) groups is 1. The Kier molecular flexibility index (Phi) is 5.95. The van der Waals surface area contributed by atoms with Crippen molar-refractivity contribution in [3.05, 3.63) is 16.4 Å².